The first-order valence-electron chi connectivity index (χ1n) is 7.83. The van der Waals surface area contributed by atoms with Crippen molar-refractivity contribution in [2.75, 3.05) is 33.2 Å². The van der Waals surface area contributed by atoms with E-state index < -0.39 is 0 Å². The van der Waals surface area contributed by atoms with Crippen molar-refractivity contribution in [3.63, 3.8) is 0 Å². The van der Waals surface area contributed by atoms with Crippen molar-refractivity contribution in [1.29, 1.82) is 0 Å². The lowest BCUT2D eigenvalue weighted by Gasteiger charge is -2.27. The molecule has 0 aliphatic carbocycles. The number of hydrogen-bond acceptors (Lipinski definition) is 3. The SMILES string of the molecule is Cc1cc(C2=NCCN2C)ccc1C(=O)N1CCCCC1. The number of likely N-dealkylation sites (N-methyl/N-ethyl adjacent to an activating group) is 1. The van der Waals surface area contributed by atoms with E-state index in [1.54, 1.807) is 0 Å². The van der Waals surface area contributed by atoms with Crippen LogP contribution in [0.2, 0.25) is 0 Å². The summed E-state index contributed by atoms with van der Waals surface area (Å²) in [5.74, 6) is 1.22. The molecule has 1 aromatic carbocycles. The number of nitrogens with zero attached hydrogens (tertiary/aromatic N) is 3. The molecule has 1 aromatic rings. The molecule has 1 saturated heterocycles. The van der Waals surface area contributed by atoms with Crippen LogP contribution in [0.3, 0.4) is 0 Å². The molecule has 21 heavy (non-hydrogen) atoms. The molecule has 2 heterocycles. The largest absolute Gasteiger partial charge is 0.358 e. The van der Waals surface area contributed by atoms with Gasteiger partial charge in [-0.3, -0.25) is 9.79 Å². The van der Waals surface area contributed by atoms with Gasteiger partial charge in [0.05, 0.1) is 6.54 Å². The highest BCUT2D eigenvalue weighted by atomic mass is 16.2. The van der Waals surface area contributed by atoms with Gasteiger partial charge in [0.1, 0.15) is 5.84 Å². The van der Waals surface area contributed by atoms with Crippen molar-refractivity contribution in [3.05, 3.63) is 34.9 Å². The minimum absolute atomic E-state index is 0.181. The van der Waals surface area contributed by atoms with Crippen LogP contribution < -0.4 is 0 Å². The summed E-state index contributed by atoms with van der Waals surface area (Å²) in [7, 11) is 2.06. The number of amides is 1. The Bertz CT molecular complexity index is 573. The van der Waals surface area contributed by atoms with Crippen molar-refractivity contribution >= 4 is 11.7 Å². The van der Waals surface area contributed by atoms with Crippen molar-refractivity contribution in [3.8, 4) is 0 Å². The maximum absolute atomic E-state index is 12.6. The molecule has 1 amide bonds. The molecular formula is C17H23N3O. The highest BCUT2D eigenvalue weighted by molar-refractivity contribution is 6.02. The van der Waals surface area contributed by atoms with Gasteiger partial charge in [0, 0.05) is 37.8 Å². The first kappa shape index (κ1) is 14.1. The zero-order valence-electron chi connectivity index (χ0n) is 12.9. The lowest BCUT2D eigenvalue weighted by Crippen LogP contribution is -2.36. The number of benzene rings is 1. The summed E-state index contributed by atoms with van der Waals surface area (Å²) in [5.41, 5.74) is 3.00. The zero-order chi connectivity index (χ0) is 14.8. The molecule has 0 atom stereocenters. The normalized spacial score (nSPS) is 18.9. The fourth-order valence-electron chi connectivity index (χ4n) is 3.15. The monoisotopic (exact) mass is 285 g/mol. The Kier molecular flexibility index (Phi) is 3.95. The first-order chi connectivity index (χ1) is 10.2. The van der Waals surface area contributed by atoms with Gasteiger partial charge in [0.15, 0.2) is 0 Å². The van der Waals surface area contributed by atoms with E-state index in [4.69, 9.17) is 0 Å². The molecule has 2 aliphatic heterocycles. The number of aryl methyl sites for hydroxylation is 1. The highest BCUT2D eigenvalue weighted by Gasteiger charge is 2.21. The number of piperidine rings is 1. The Morgan fingerprint density at radius 2 is 1.90 bits per heavy atom. The number of rotatable bonds is 2. The molecule has 0 unspecified atom stereocenters. The summed E-state index contributed by atoms with van der Waals surface area (Å²) in [6.07, 6.45) is 3.50. The number of amidine groups is 1. The van der Waals surface area contributed by atoms with E-state index in [9.17, 15) is 4.79 Å². The molecule has 1 fully saturated rings. The van der Waals surface area contributed by atoms with Crippen molar-refractivity contribution in [2.45, 2.75) is 26.2 Å². The average molecular weight is 285 g/mol. The van der Waals surface area contributed by atoms with E-state index in [2.05, 4.69) is 23.0 Å². The van der Waals surface area contributed by atoms with Gasteiger partial charge in [-0.25, -0.2) is 0 Å². The second kappa shape index (κ2) is 5.88. The molecule has 4 heteroatoms. The molecule has 4 nitrogen and oxygen atoms in total. The Morgan fingerprint density at radius 3 is 2.52 bits per heavy atom. The van der Waals surface area contributed by atoms with Gasteiger partial charge >= 0.3 is 0 Å². The third-order valence-corrected chi connectivity index (χ3v) is 4.42. The van der Waals surface area contributed by atoms with Crippen LogP contribution in [0, 0.1) is 6.92 Å². The number of carbonyl (C=O) groups excluding carboxylic acids is 1. The number of likely N-dealkylation sites (tertiary alicyclic amines) is 1. The van der Waals surface area contributed by atoms with Crippen molar-refractivity contribution in [2.24, 2.45) is 4.99 Å². The standard InChI is InChI=1S/C17H23N3O/c1-13-12-14(16-18-8-11-19(16)2)6-7-15(13)17(21)20-9-4-3-5-10-20/h6-7,12H,3-5,8-11H2,1-2H3. The minimum atomic E-state index is 0.181. The molecule has 0 aromatic heterocycles. The topological polar surface area (TPSA) is 35.9 Å². The minimum Gasteiger partial charge on any atom is -0.358 e. The fourth-order valence-corrected chi connectivity index (χ4v) is 3.15. The Hall–Kier alpha value is -1.84. The summed E-state index contributed by atoms with van der Waals surface area (Å²) in [4.78, 5) is 21.3. The molecule has 0 saturated carbocycles. The summed E-state index contributed by atoms with van der Waals surface area (Å²) in [6, 6.07) is 6.10. The van der Waals surface area contributed by atoms with E-state index in [1.807, 2.05) is 24.0 Å². The van der Waals surface area contributed by atoms with Gasteiger partial charge in [0.2, 0.25) is 0 Å². The lowest BCUT2D eigenvalue weighted by atomic mass is 10.0. The third-order valence-electron chi connectivity index (χ3n) is 4.42. The van der Waals surface area contributed by atoms with Crippen LogP contribution in [0.4, 0.5) is 0 Å². The van der Waals surface area contributed by atoms with Crippen LogP contribution in [-0.4, -0.2) is 54.8 Å². The van der Waals surface area contributed by atoms with Crippen molar-refractivity contribution in [1.82, 2.24) is 9.80 Å². The smallest absolute Gasteiger partial charge is 0.254 e. The van der Waals surface area contributed by atoms with Gasteiger partial charge in [-0.05, 0) is 43.9 Å². The van der Waals surface area contributed by atoms with Crippen LogP contribution in [-0.2, 0) is 0 Å². The zero-order valence-corrected chi connectivity index (χ0v) is 12.9. The summed E-state index contributed by atoms with van der Waals surface area (Å²) in [5, 5.41) is 0. The summed E-state index contributed by atoms with van der Waals surface area (Å²) >= 11 is 0. The van der Waals surface area contributed by atoms with Gasteiger partial charge in [-0.2, -0.15) is 0 Å². The maximum Gasteiger partial charge on any atom is 0.254 e. The molecule has 0 N–H and O–H groups in total. The van der Waals surface area contributed by atoms with Crippen molar-refractivity contribution < 1.29 is 4.79 Å². The molecule has 0 spiro atoms. The lowest BCUT2D eigenvalue weighted by molar-refractivity contribution is 0.0723. The molecule has 112 valence electrons. The van der Waals surface area contributed by atoms with E-state index in [1.165, 1.54) is 6.42 Å². The summed E-state index contributed by atoms with van der Waals surface area (Å²) in [6.45, 7) is 5.66. The Labute approximate surface area is 126 Å². The van der Waals surface area contributed by atoms with Crippen LogP contribution >= 0.6 is 0 Å². The second-order valence-corrected chi connectivity index (χ2v) is 6.01. The van der Waals surface area contributed by atoms with Crippen LogP contribution in [0.5, 0.6) is 0 Å². The van der Waals surface area contributed by atoms with E-state index in [-0.39, 0.29) is 5.91 Å². The maximum atomic E-state index is 12.6. The third kappa shape index (κ3) is 2.80. The van der Waals surface area contributed by atoms with Crippen LogP contribution in [0.1, 0.15) is 40.7 Å². The van der Waals surface area contributed by atoms with E-state index >= 15 is 0 Å². The highest BCUT2D eigenvalue weighted by Crippen LogP contribution is 2.19. The number of hydrogen-bond donors (Lipinski definition) is 0. The summed E-state index contributed by atoms with van der Waals surface area (Å²) < 4.78 is 0. The predicted molar refractivity (Wildman–Crippen MR) is 85.0 cm³/mol. The van der Waals surface area contributed by atoms with Gasteiger partial charge in [-0.1, -0.05) is 6.07 Å². The molecule has 3 rings (SSSR count). The van der Waals surface area contributed by atoms with Gasteiger partial charge in [0.25, 0.3) is 5.91 Å². The average Bonchev–Trinajstić information content (AvgIpc) is 2.93. The molecule has 0 radical (unpaired) electrons. The van der Waals surface area contributed by atoms with Gasteiger partial charge < -0.3 is 9.80 Å². The molecular weight excluding hydrogens is 262 g/mol. The van der Waals surface area contributed by atoms with Crippen LogP contribution in [0.25, 0.3) is 0 Å². The number of aliphatic imine (C=N–C) groups is 1. The fraction of sp³-hybridized carbons (Fsp3) is 0.529. The Balaban J connectivity index is 1.82. The number of carbonyl (C=O) groups is 1. The quantitative estimate of drug-likeness (QED) is 0.836. The van der Waals surface area contributed by atoms with E-state index in [0.717, 1.165) is 61.5 Å². The molecule has 0 bridgehead atoms. The predicted octanol–water partition coefficient (Wildman–Crippen LogP) is 2.31. The Morgan fingerprint density at radius 1 is 1.14 bits per heavy atom. The molecule has 2 aliphatic rings. The van der Waals surface area contributed by atoms with Crippen LogP contribution in [0.15, 0.2) is 23.2 Å². The van der Waals surface area contributed by atoms with Gasteiger partial charge in [-0.15, -0.1) is 0 Å². The van der Waals surface area contributed by atoms with E-state index in [0.29, 0.717) is 0 Å². The first-order valence-corrected chi connectivity index (χ1v) is 7.83. The second-order valence-electron chi connectivity index (χ2n) is 6.01.